The summed E-state index contributed by atoms with van der Waals surface area (Å²) in [4.78, 5) is 15.6. The first kappa shape index (κ1) is 24.5. The van der Waals surface area contributed by atoms with E-state index in [4.69, 9.17) is 4.74 Å². The second-order valence-electron chi connectivity index (χ2n) is 9.60. The van der Waals surface area contributed by atoms with Gasteiger partial charge in [0, 0.05) is 49.6 Å². The van der Waals surface area contributed by atoms with Crippen LogP contribution in [0.3, 0.4) is 0 Å². The molecular weight excluding hydrogens is 471 g/mol. The van der Waals surface area contributed by atoms with Crippen LogP contribution in [0.2, 0.25) is 0 Å². The van der Waals surface area contributed by atoms with Gasteiger partial charge in [0.1, 0.15) is 18.2 Å². The fraction of sp³-hybridized carbons (Fsp3) is 0.520. The van der Waals surface area contributed by atoms with Crippen LogP contribution in [0, 0.1) is 18.8 Å². The Morgan fingerprint density at radius 3 is 2.61 bits per heavy atom. The number of fused-ring (bicyclic) bond motifs is 3. The number of rotatable bonds is 6. The Morgan fingerprint density at radius 1 is 1.17 bits per heavy atom. The van der Waals surface area contributed by atoms with Gasteiger partial charge in [-0.05, 0) is 51.0 Å². The minimum absolute atomic E-state index is 0.191. The molecule has 2 bridgehead atoms. The van der Waals surface area contributed by atoms with Crippen LogP contribution in [0.4, 0.5) is 24.9 Å². The van der Waals surface area contributed by atoms with E-state index < -0.39 is 23.6 Å². The highest BCUT2D eigenvalue weighted by molar-refractivity contribution is 5.42. The van der Waals surface area contributed by atoms with E-state index >= 15 is 0 Å². The van der Waals surface area contributed by atoms with Crippen molar-refractivity contribution in [2.45, 2.75) is 51.8 Å². The third kappa shape index (κ3) is 4.63. The number of hydrogen-bond acceptors (Lipinski definition) is 7. The fourth-order valence-electron chi connectivity index (χ4n) is 5.42. The Morgan fingerprint density at radius 2 is 1.92 bits per heavy atom. The Balaban J connectivity index is 1.34. The number of aromatic nitrogens is 5. The first-order valence-electron chi connectivity index (χ1n) is 12.3. The standard InChI is InChI=1S/C25H30F3N7O/c1-4-18(26)21(28)20(27)15(3)23-24-32-25(33-35(24)8-5-9-36-23)31-22-16-6-7-17(22)12-34(11-16)19-10-14(2)29-13-30-19/h4,10,13,16-17,22-23H,3,5-9,11-12H2,1-2H3,(H,31,33)/b18-4+,21-20-/t16-,17+,22-,23-/m1/s1. The number of aryl methyl sites for hydroxylation is 2. The highest BCUT2D eigenvalue weighted by atomic mass is 19.2. The van der Waals surface area contributed by atoms with E-state index in [1.54, 1.807) is 11.0 Å². The summed E-state index contributed by atoms with van der Waals surface area (Å²) in [6.45, 7) is 9.44. The van der Waals surface area contributed by atoms with Gasteiger partial charge >= 0.3 is 0 Å². The molecule has 5 rings (SSSR count). The molecule has 1 saturated carbocycles. The minimum Gasteiger partial charge on any atom is -0.365 e. The second-order valence-corrected chi connectivity index (χ2v) is 9.60. The van der Waals surface area contributed by atoms with E-state index in [1.165, 1.54) is 6.92 Å². The molecule has 2 aliphatic heterocycles. The first-order valence-corrected chi connectivity index (χ1v) is 12.3. The molecule has 36 heavy (non-hydrogen) atoms. The van der Waals surface area contributed by atoms with Crippen LogP contribution < -0.4 is 10.2 Å². The summed E-state index contributed by atoms with van der Waals surface area (Å²) in [7, 11) is 0. The van der Waals surface area contributed by atoms with Gasteiger partial charge in [0.2, 0.25) is 5.95 Å². The van der Waals surface area contributed by atoms with E-state index in [1.807, 2.05) is 13.0 Å². The van der Waals surface area contributed by atoms with E-state index in [9.17, 15) is 13.2 Å². The molecule has 4 atom stereocenters. The topological polar surface area (TPSA) is 81.0 Å². The van der Waals surface area contributed by atoms with Crippen molar-refractivity contribution >= 4 is 11.8 Å². The van der Waals surface area contributed by atoms with E-state index in [0.29, 0.717) is 43.2 Å². The van der Waals surface area contributed by atoms with Crippen LogP contribution in [-0.2, 0) is 11.3 Å². The Bertz CT molecular complexity index is 1200. The molecule has 3 aliphatic rings. The number of anilines is 2. The molecule has 1 aliphatic carbocycles. The Kier molecular flexibility index (Phi) is 6.83. The molecule has 0 unspecified atom stereocenters. The molecule has 2 aromatic rings. The second kappa shape index (κ2) is 10.0. The van der Waals surface area contributed by atoms with Crippen LogP contribution in [0.1, 0.15) is 43.8 Å². The number of nitrogens with one attached hydrogen (secondary N) is 1. The maximum Gasteiger partial charge on any atom is 0.242 e. The van der Waals surface area contributed by atoms with E-state index in [-0.39, 0.29) is 11.6 Å². The van der Waals surface area contributed by atoms with Crippen molar-refractivity contribution < 1.29 is 17.9 Å². The fourth-order valence-corrected chi connectivity index (χ4v) is 5.42. The van der Waals surface area contributed by atoms with Gasteiger partial charge in [-0.1, -0.05) is 6.58 Å². The van der Waals surface area contributed by atoms with Crippen LogP contribution in [0.15, 0.2) is 48.1 Å². The Labute approximate surface area is 208 Å². The number of hydrogen-bond donors (Lipinski definition) is 1. The van der Waals surface area contributed by atoms with Crippen molar-refractivity contribution in [1.29, 1.82) is 0 Å². The van der Waals surface area contributed by atoms with Crippen LogP contribution in [-0.4, -0.2) is 50.5 Å². The smallest absolute Gasteiger partial charge is 0.242 e. The number of allylic oxidation sites excluding steroid dienone is 3. The quantitative estimate of drug-likeness (QED) is 0.573. The van der Waals surface area contributed by atoms with Crippen molar-refractivity contribution in [3.8, 4) is 0 Å². The average molecular weight is 502 g/mol. The lowest BCUT2D eigenvalue weighted by atomic mass is 9.92. The lowest BCUT2D eigenvalue weighted by Crippen LogP contribution is -2.48. The molecule has 8 nitrogen and oxygen atoms in total. The van der Waals surface area contributed by atoms with Gasteiger partial charge in [-0.15, -0.1) is 5.10 Å². The average Bonchev–Trinajstić information content (AvgIpc) is 3.28. The number of halogens is 3. The molecule has 0 amide bonds. The van der Waals surface area contributed by atoms with E-state index in [2.05, 4.69) is 36.8 Å². The van der Waals surface area contributed by atoms with Gasteiger partial charge in [0.25, 0.3) is 0 Å². The summed E-state index contributed by atoms with van der Waals surface area (Å²) < 4.78 is 49.9. The molecule has 1 saturated heterocycles. The molecule has 2 fully saturated rings. The summed E-state index contributed by atoms with van der Waals surface area (Å²) in [5, 5.41) is 8.11. The minimum atomic E-state index is -1.60. The Hall–Kier alpha value is -3.21. The summed E-state index contributed by atoms with van der Waals surface area (Å²) in [6, 6.07) is 2.20. The molecule has 0 spiro atoms. The van der Waals surface area contributed by atoms with Crippen molar-refractivity contribution in [2.75, 3.05) is 29.9 Å². The molecule has 2 aromatic heterocycles. The lowest BCUT2D eigenvalue weighted by molar-refractivity contribution is 0.0779. The first-order chi connectivity index (χ1) is 17.4. The predicted molar refractivity (Wildman–Crippen MR) is 129 cm³/mol. The van der Waals surface area contributed by atoms with Gasteiger partial charge < -0.3 is 15.0 Å². The van der Waals surface area contributed by atoms with Crippen molar-refractivity contribution in [2.24, 2.45) is 11.8 Å². The van der Waals surface area contributed by atoms with Crippen molar-refractivity contribution in [3.63, 3.8) is 0 Å². The number of nitrogens with zero attached hydrogens (tertiary/aromatic N) is 6. The number of piperidine rings is 1. The zero-order chi connectivity index (χ0) is 25.4. The van der Waals surface area contributed by atoms with Gasteiger partial charge in [-0.2, -0.15) is 4.98 Å². The van der Waals surface area contributed by atoms with Crippen LogP contribution in [0.5, 0.6) is 0 Å². The molecule has 1 N–H and O–H groups in total. The normalized spacial score (nSPS) is 26.8. The summed E-state index contributed by atoms with van der Waals surface area (Å²) in [6.07, 6.45) is 4.19. The van der Waals surface area contributed by atoms with Gasteiger partial charge in [-0.3, -0.25) is 0 Å². The van der Waals surface area contributed by atoms with Crippen molar-refractivity contribution in [1.82, 2.24) is 24.7 Å². The molecule has 0 aromatic carbocycles. The van der Waals surface area contributed by atoms with Gasteiger partial charge in [0.15, 0.2) is 23.3 Å². The van der Waals surface area contributed by atoms with E-state index in [0.717, 1.165) is 43.5 Å². The third-order valence-corrected chi connectivity index (χ3v) is 7.23. The highest BCUT2D eigenvalue weighted by Gasteiger charge is 2.43. The third-order valence-electron chi connectivity index (χ3n) is 7.23. The predicted octanol–water partition coefficient (Wildman–Crippen LogP) is 4.74. The van der Waals surface area contributed by atoms with Gasteiger partial charge in [-0.25, -0.2) is 27.8 Å². The summed E-state index contributed by atoms with van der Waals surface area (Å²) >= 11 is 0. The maximum atomic E-state index is 14.7. The highest BCUT2D eigenvalue weighted by Crippen LogP contribution is 2.40. The largest absolute Gasteiger partial charge is 0.365 e. The zero-order valence-corrected chi connectivity index (χ0v) is 20.4. The van der Waals surface area contributed by atoms with Gasteiger partial charge in [0.05, 0.1) is 0 Å². The van der Waals surface area contributed by atoms with Crippen LogP contribution in [0.25, 0.3) is 0 Å². The maximum absolute atomic E-state index is 14.7. The molecule has 4 heterocycles. The lowest BCUT2D eigenvalue weighted by Gasteiger charge is -2.38. The molecule has 11 heteroatoms. The zero-order valence-electron chi connectivity index (χ0n) is 20.4. The monoisotopic (exact) mass is 501 g/mol. The SMILES string of the molecule is C=C(/C(F)=C(F)\C(F)=C/C)[C@H]1OCCCn2nc(N[C@@H]3[C@@H]4CC[C@H]3CN(c3cc(C)ncn3)C4)nc21. The summed E-state index contributed by atoms with van der Waals surface area (Å²) in [5.74, 6) is -1.79. The molecule has 0 radical (unpaired) electrons. The molecular formula is C25H30F3N7O. The van der Waals surface area contributed by atoms with Crippen LogP contribution >= 0.6 is 0 Å². The molecule has 192 valence electrons. The van der Waals surface area contributed by atoms with Crippen molar-refractivity contribution in [3.05, 3.63) is 59.6 Å². The summed E-state index contributed by atoms with van der Waals surface area (Å²) in [5.41, 5.74) is 0.620. The number of ether oxygens (including phenoxy) is 1.